The van der Waals surface area contributed by atoms with E-state index in [1.807, 2.05) is 32.2 Å². The van der Waals surface area contributed by atoms with Crippen LogP contribution in [0.2, 0.25) is 5.02 Å². The molecule has 0 radical (unpaired) electrons. The number of fused-ring (bicyclic) bond motifs is 1. The Morgan fingerprint density at radius 2 is 2.10 bits per heavy atom. The van der Waals surface area contributed by atoms with Crippen molar-refractivity contribution in [1.29, 1.82) is 0 Å². The molecular formula is C21H24ClN3O2S2. The predicted octanol–water partition coefficient (Wildman–Crippen LogP) is 4.61. The van der Waals surface area contributed by atoms with Crippen LogP contribution in [-0.4, -0.2) is 27.3 Å². The van der Waals surface area contributed by atoms with Gasteiger partial charge in [0.25, 0.3) is 5.56 Å². The van der Waals surface area contributed by atoms with E-state index in [4.69, 9.17) is 11.6 Å². The van der Waals surface area contributed by atoms with Gasteiger partial charge in [-0.15, -0.1) is 11.3 Å². The second kappa shape index (κ2) is 9.78. The van der Waals surface area contributed by atoms with Crippen molar-refractivity contribution in [1.82, 2.24) is 14.9 Å². The molecule has 29 heavy (non-hydrogen) atoms. The Kier molecular flexibility index (Phi) is 7.38. The summed E-state index contributed by atoms with van der Waals surface area (Å²) in [5.74, 6) is 0.202. The third kappa shape index (κ3) is 5.62. The molecule has 3 aromatic rings. The number of hydrogen-bond donors (Lipinski definition) is 1. The Morgan fingerprint density at radius 1 is 1.31 bits per heavy atom. The molecule has 1 atom stereocenters. The Hall–Kier alpha value is -1.83. The number of nitrogens with one attached hydrogen (secondary N) is 1. The van der Waals surface area contributed by atoms with Crippen LogP contribution in [-0.2, 0) is 17.8 Å². The van der Waals surface area contributed by atoms with Crippen LogP contribution in [0.25, 0.3) is 10.9 Å². The summed E-state index contributed by atoms with van der Waals surface area (Å²) < 4.78 is 1.66. The van der Waals surface area contributed by atoms with Gasteiger partial charge in [-0.25, -0.2) is 4.98 Å². The van der Waals surface area contributed by atoms with Crippen LogP contribution in [0.15, 0.2) is 45.7 Å². The van der Waals surface area contributed by atoms with Gasteiger partial charge in [-0.1, -0.05) is 43.3 Å². The van der Waals surface area contributed by atoms with Gasteiger partial charge in [0.1, 0.15) is 0 Å². The molecule has 5 nitrogen and oxygen atoms in total. The Labute approximate surface area is 183 Å². The van der Waals surface area contributed by atoms with Crippen LogP contribution in [0.4, 0.5) is 0 Å². The molecule has 0 saturated carbocycles. The number of carbonyl (C=O) groups excluding carboxylic acids is 1. The molecule has 8 heteroatoms. The van der Waals surface area contributed by atoms with Gasteiger partial charge >= 0.3 is 0 Å². The minimum atomic E-state index is -0.367. The van der Waals surface area contributed by atoms with Crippen molar-refractivity contribution >= 4 is 51.5 Å². The number of thiophene rings is 1. The van der Waals surface area contributed by atoms with E-state index in [9.17, 15) is 9.59 Å². The van der Waals surface area contributed by atoms with E-state index in [1.165, 1.54) is 16.6 Å². The fraction of sp³-hybridized carbons (Fsp3) is 0.381. The van der Waals surface area contributed by atoms with Crippen LogP contribution in [0.3, 0.4) is 0 Å². The van der Waals surface area contributed by atoms with Crippen molar-refractivity contribution in [2.45, 2.75) is 44.1 Å². The first-order valence-corrected chi connectivity index (χ1v) is 11.7. The van der Waals surface area contributed by atoms with Gasteiger partial charge in [0.2, 0.25) is 5.91 Å². The van der Waals surface area contributed by atoms with Gasteiger partial charge < -0.3 is 5.32 Å². The molecule has 154 valence electrons. The lowest BCUT2D eigenvalue weighted by atomic mass is 10.2. The third-order valence-corrected chi connectivity index (χ3v) is 6.59. The van der Waals surface area contributed by atoms with Crippen molar-refractivity contribution in [2.24, 2.45) is 5.92 Å². The SMILES string of the molecule is CC(C)Cn1c(SC(C)C(=O)NCCc2cccs2)nc2ccc(Cl)cc2c1=O. The van der Waals surface area contributed by atoms with Crippen LogP contribution >= 0.6 is 34.7 Å². The largest absolute Gasteiger partial charge is 0.355 e. The number of halogens is 1. The number of rotatable bonds is 8. The van der Waals surface area contributed by atoms with Gasteiger partial charge in [0.05, 0.1) is 16.2 Å². The molecule has 0 aliphatic carbocycles. The number of benzene rings is 1. The minimum absolute atomic E-state index is 0.0619. The first-order chi connectivity index (χ1) is 13.8. The van der Waals surface area contributed by atoms with Crippen LogP contribution in [0, 0.1) is 5.92 Å². The quantitative estimate of drug-likeness (QED) is 0.403. The van der Waals surface area contributed by atoms with E-state index < -0.39 is 0 Å². The van der Waals surface area contributed by atoms with Gasteiger partial charge in [-0.05, 0) is 48.9 Å². The first-order valence-electron chi connectivity index (χ1n) is 9.52. The monoisotopic (exact) mass is 449 g/mol. The second-order valence-corrected chi connectivity index (χ2v) is 10.0. The van der Waals surface area contributed by atoms with E-state index in [1.54, 1.807) is 34.1 Å². The van der Waals surface area contributed by atoms with Crippen molar-refractivity contribution in [3.8, 4) is 0 Å². The fourth-order valence-electron chi connectivity index (χ4n) is 2.91. The summed E-state index contributed by atoms with van der Waals surface area (Å²) in [7, 11) is 0. The number of carbonyl (C=O) groups is 1. The molecule has 1 unspecified atom stereocenters. The average molecular weight is 450 g/mol. The Balaban J connectivity index is 1.79. The highest BCUT2D eigenvalue weighted by Gasteiger charge is 2.20. The zero-order valence-corrected chi connectivity index (χ0v) is 19.0. The van der Waals surface area contributed by atoms with E-state index in [0.717, 1.165) is 6.42 Å². The third-order valence-electron chi connectivity index (χ3n) is 4.33. The number of nitrogens with zero attached hydrogens (tertiary/aromatic N) is 2. The maximum Gasteiger partial charge on any atom is 0.262 e. The Bertz CT molecular complexity index is 1050. The molecule has 0 saturated heterocycles. The summed E-state index contributed by atoms with van der Waals surface area (Å²) in [6, 6.07) is 9.18. The average Bonchev–Trinajstić information content (AvgIpc) is 3.18. The highest BCUT2D eigenvalue weighted by molar-refractivity contribution is 8.00. The molecule has 0 aliphatic rings. The summed E-state index contributed by atoms with van der Waals surface area (Å²) >= 11 is 9.06. The Morgan fingerprint density at radius 3 is 2.79 bits per heavy atom. The summed E-state index contributed by atoms with van der Waals surface area (Å²) in [5, 5.41) is 6.19. The highest BCUT2D eigenvalue weighted by Crippen LogP contribution is 2.24. The topological polar surface area (TPSA) is 64.0 Å². The molecular weight excluding hydrogens is 426 g/mol. The van der Waals surface area contributed by atoms with Crippen molar-refractivity contribution in [3.05, 3.63) is 56.0 Å². The zero-order chi connectivity index (χ0) is 21.0. The van der Waals surface area contributed by atoms with Gasteiger partial charge in [0.15, 0.2) is 5.16 Å². The summed E-state index contributed by atoms with van der Waals surface area (Å²) in [5.41, 5.74) is 0.464. The van der Waals surface area contributed by atoms with Gasteiger partial charge in [0, 0.05) is 23.0 Å². The highest BCUT2D eigenvalue weighted by atomic mass is 35.5. The zero-order valence-electron chi connectivity index (χ0n) is 16.6. The maximum atomic E-state index is 13.0. The van der Waals surface area contributed by atoms with Crippen LogP contribution in [0.1, 0.15) is 25.6 Å². The summed E-state index contributed by atoms with van der Waals surface area (Å²) in [6.45, 7) is 7.05. The lowest BCUT2D eigenvalue weighted by molar-refractivity contribution is -0.120. The standard InChI is InChI=1S/C21H24ClN3O2S2/c1-13(2)12-25-20(27)17-11-15(22)6-7-18(17)24-21(25)29-14(3)19(26)23-9-8-16-5-4-10-28-16/h4-7,10-11,13-14H,8-9,12H2,1-3H3,(H,23,26). The fourth-order valence-corrected chi connectivity index (χ4v) is 4.73. The molecule has 1 aromatic carbocycles. The van der Waals surface area contributed by atoms with Gasteiger partial charge in [-0.2, -0.15) is 0 Å². The van der Waals surface area contributed by atoms with E-state index in [2.05, 4.69) is 16.4 Å². The number of aromatic nitrogens is 2. The molecule has 1 amide bonds. The van der Waals surface area contributed by atoms with Crippen molar-refractivity contribution < 1.29 is 4.79 Å². The predicted molar refractivity (Wildman–Crippen MR) is 122 cm³/mol. The van der Waals surface area contributed by atoms with Crippen molar-refractivity contribution in [3.63, 3.8) is 0 Å². The number of hydrogen-bond acceptors (Lipinski definition) is 5. The van der Waals surface area contributed by atoms with E-state index in [-0.39, 0.29) is 22.6 Å². The molecule has 0 spiro atoms. The van der Waals surface area contributed by atoms with Gasteiger partial charge in [-0.3, -0.25) is 14.2 Å². The number of amides is 1. The number of thioether (sulfide) groups is 1. The minimum Gasteiger partial charge on any atom is -0.355 e. The molecule has 3 rings (SSSR count). The normalized spacial score (nSPS) is 12.4. The molecule has 0 aliphatic heterocycles. The molecule has 1 N–H and O–H groups in total. The van der Waals surface area contributed by atoms with E-state index >= 15 is 0 Å². The van der Waals surface area contributed by atoms with Crippen LogP contribution < -0.4 is 10.9 Å². The molecule has 2 heterocycles. The maximum absolute atomic E-state index is 13.0. The van der Waals surface area contributed by atoms with Crippen molar-refractivity contribution in [2.75, 3.05) is 6.54 Å². The second-order valence-electron chi connectivity index (χ2n) is 7.25. The lowest BCUT2D eigenvalue weighted by Crippen LogP contribution is -2.33. The first kappa shape index (κ1) is 21.9. The molecule has 0 bridgehead atoms. The van der Waals surface area contributed by atoms with Crippen LogP contribution in [0.5, 0.6) is 0 Å². The smallest absolute Gasteiger partial charge is 0.262 e. The summed E-state index contributed by atoms with van der Waals surface area (Å²) in [4.78, 5) is 31.5. The molecule has 0 fully saturated rings. The molecule has 2 aromatic heterocycles. The lowest BCUT2D eigenvalue weighted by Gasteiger charge is -2.17. The summed E-state index contributed by atoms with van der Waals surface area (Å²) in [6.07, 6.45) is 0.813. The van der Waals surface area contributed by atoms with E-state index in [0.29, 0.717) is 34.2 Å².